The van der Waals surface area contributed by atoms with Gasteiger partial charge in [-0.25, -0.2) is 10.4 Å². The number of para-hydroxylation sites is 2. The number of rotatable bonds is 6. The summed E-state index contributed by atoms with van der Waals surface area (Å²) in [7, 11) is 4.92. The van der Waals surface area contributed by atoms with E-state index >= 15 is 0 Å². The highest BCUT2D eigenvalue weighted by Gasteiger charge is 2.12. The number of nitrogens with one attached hydrogen (secondary N) is 1. The second-order valence-corrected chi connectivity index (χ2v) is 6.19. The molecule has 0 aliphatic rings. The van der Waals surface area contributed by atoms with Crippen LogP contribution in [0.1, 0.15) is 11.4 Å². The van der Waals surface area contributed by atoms with Crippen molar-refractivity contribution in [3.05, 3.63) is 52.8 Å². The van der Waals surface area contributed by atoms with Crippen molar-refractivity contribution in [3.63, 3.8) is 0 Å². The summed E-state index contributed by atoms with van der Waals surface area (Å²) in [5.74, 6) is 1.33. The predicted octanol–water partition coefficient (Wildman–Crippen LogP) is 2.94. The number of aryl methyl sites for hydroxylation is 1. The first kappa shape index (κ1) is 18.7. The first-order chi connectivity index (χ1) is 13.0. The van der Waals surface area contributed by atoms with Crippen LogP contribution in [-0.4, -0.2) is 35.9 Å². The molecule has 0 aliphatic heterocycles. The normalized spacial score (nSPS) is 11.1. The van der Waals surface area contributed by atoms with Crippen LogP contribution in [0.2, 0.25) is 5.02 Å². The number of fused-ring (bicyclic) bond motifs is 1. The molecule has 140 valence electrons. The largest absolute Gasteiger partial charge is 0.493 e. The SMILES string of the molecule is COc1cc(/C=N\NC(=O)Cc2nc3ccccc3n2C)cc(Cl)c1OC. The molecule has 1 heterocycles. The highest BCUT2D eigenvalue weighted by molar-refractivity contribution is 6.32. The van der Waals surface area contributed by atoms with E-state index in [1.807, 2.05) is 35.9 Å². The third kappa shape index (κ3) is 4.03. The predicted molar refractivity (Wildman–Crippen MR) is 105 cm³/mol. The average molecular weight is 387 g/mol. The number of hydrazone groups is 1. The number of halogens is 1. The van der Waals surface area contributed by atoms with Crippen molar-refractivity contribution in [1.82, 2.24) is 15.0 Å². The van der Waals surface area contributed by atoms with Crippen molar-refractivity contribution in [2.75, 3.05) is 14.2 Å². The highest BCUT2D eigenvalue weighted by atomic mass is 35.5. The van der Waals surface area contributed by atoms with Gasteiger partial charge >= 0.3 is 0 Å². The van der Waals surface area contributed by atoms with Crippen LogP contribution in [0, 0.1) is 0 Å². The van der Waals surface area contributed by atoms with Crippen LogP contribution in [-0.2, 0) is 18.3 Å². The Morgan fingerprint density at radius 1 is 1.30 bits per heavy atom. The third-order valence-electron chi connectivity index (χ3n) is 4.06. The number of hydrogen-bond donors (Lipinski definition) is 1. The standard InChI is InChI=1S/C19H19ClN4O3/c1-24-15-7-5-4-6-14(15)22-17(24)10-18(25)23-21-11-12-8-13(20)19(27-3)16(9-12)26-2/h4-9,11H,10H2,1-3H3,(H,23,25)/b21-11-. The lowest BCUT2D eigenvalue weighted by molar-refractivity contribution is -0.120. The average Bonchev–Trinajstić information content (AvgIpc) is 2.97. The molecule has 0 spiro atoms. The van der Waals surface area contributed by atoms with Crippen molar-refractivity contribution in [3.8, 4) is 11.5 Å². The molecule has 8 heteroatoms. The Morgan fingerprint density at radius 2 is 2.07 bits per heavy atom. The summed E-state index contributed by atoms with van der Waals surface area (Å²) in [6.45, 7) is 0. The molecule has 0 atom stereocenters. The summed E-state index contributed by atoms with van der Waals surface area (Å²) in [6, 6.07) is 11.1. The van der Waals surface area contributed by atoms with Crippen LogP contribution in [0.4, 0.5) is 0 Å². The first-order valence-corrected chi connectivity index (χ1v) is 8.55. The summed E-state index contributed by atoms with van der Waals surface area (Å²) < 4.78 is 12.3. The molecule has 0 bridgehead atoms. The van der Waals surface area contributed by atoms with Gasteiger partial charge in [-0.1, -0.05) is 23.7 Å². The fraction of sp³-hybridized carbons (Fsp3) is 0.211. The first-order valence-electron chi connectivity index (χ1n) is 8.17. The molecule has 3 rings (SSSR count). The van der Waals surface area contributed by atoms with E-state index in [0.29, 0.717) is 27.9 Å². The summed E-state index contributed by atoms with van der Waals surface area (Å²) in [5, 5.41) is 4.37. The number of hydrogen-bond acceptors (Lipinski definition) is 5. The van der Waals surface area contributed by atoms with E-state index in [2.05, 4.69) is 15.5 Å². The third-order valence-corrected chi connectivity index (χ3v) is 4.34. The van der Waals surface area contributed by atoms with Gasteiger partial charge in [-0.05, 0) is 29.8 Å². The number of imidazole rings is 1. The van der Waals surface area contributed by atoms with Gasteiger partial charge in [0.25, 0.3) is 0 Å². The number of nitrogens with zero attached hydrogens (tertiary/aromatic N) is 3. The van der Waals surface area contributed by atoms with Crippen molar-refractivity contribution in [1.29, 1.82) is 0 Å². The number of amides is 1. The molecular formula is C19H19ClN4O3. The van der Waals surface area contributed by atoms with E-state index in [4.69, 9.17) is 21.1 Å². The molecule has 3 aromatic rings. The van der Waals surface area contributed by atoms with Gasteiger partial charge in [0.05, 0.1) is 42.9 Å². The molecule has 7 nitrogen and oxygen atoms in total. The maximum Gasteiger partial charge on any atom is 0.247 e. The van der Waals surface area contributed by atoms with Gasteiger partial charge in [0.15, 0.2) is 11.5 Å². The lowest BCUT2D eigenvalue weighted by Crippen LogP contribution is -2.21. The lowest BCUT2D eigenvalue weighted by atomic mass is 10.2. The molecule has 0 fully saturated rings. The minimum atomic E-state index is -0.267. The Bertz CT molecular complexity index is 1010. The number of carbonyl (C=O) groups excluding carboxylic acids is 1. The zero-order chi connectivity index (χ0) is 19.4. The molecule has 0 aliphatic carbocycles. The number of methoxy groups -OCH3 is 2. The van der Waals surface area contributed by atoms with Crippen molar-refractivity contribution in [2.45, 2.75) is 6.42 Å². The van der Waals surface area contributed by atoms with Gasteiger partial charge in [-0.15, -0.1) is 0 Å². The highest BCUT2D eigenvalue weighted by Crippen LogP contribution is 2.35. The van der Waals surface area contributed by atoms with E-state index in [9.17, 15) is 4.79 Å². The zero-order valence-corrected chi connectivity index (χ0v) is 15.9. The van der Waals surface area contributed by atoms with Crippen LogP contribution in [0.5, 0.6) is 11.5 Å². The maximum atomic E-state index is 12.2. The van der Waals surface area contributed by atoms with Crippen molar-refractivity contribution < 1.29 is 14.3 Å². The summed E-state index contributed by atoms with van der Waals surface area (Å²) >= 11 is 6.15. The molecule has 2 aromatic carbocycles. The van der Waals surface area contributed by atoms with Crippen LogP contribution in [0.15, 0.2) is 41.5 Å². The molecule has 0 saturated heterocycles. The van der Waals surface area contributed by atoms with E-state index in [1.54, 1.807) is 12.1 Å². The molecular weight excluding hydrogens is 368 g/mol. The topological polar surface area (TPSA) is 77.7 Å². The Balaban J connectivity index is 1.68. The number of benzene rings is 2. The molecule has 0 unspecified atom stereocenters. The summed E-state index contributed by atoms with van der Waals surface area (Å²) in [6.07, 6.45) is 1.61. The Hall–Kier alpha value is -3.06. The monoisotopic (exact) mass is 386 g/mol. The van der Waals surface area contributed by atoms with Gasteiger partial charge in [0, 0.05) is 7.05 Å². The smallest absolute Gasteiger partial charge is 0.247 e. The van der Waals surface area contributed by atoms with E-state index in [1.165, 1.54) is 20.4 Å². The molecule has 1 amide bonds. The fourth-order valence-electron chi connectivity index (χ4n) is 2.73. The zero-order valence-electron chi connectivity index (χ0n) is 15.2. The van der Waals surface area contributed by atoms with E-state index in [-0.39, 0.29) is 12.3 Å². The van der Waals surface area contributed by atoms with Crippen molar-refractivity contribution >= 4 is 34.8 Å². The number of carbonyl (C=O) groups is 1. The van der Waals surface area contributed by atoms with Gasteiger partial charge in [0.1, 0.15) is 5.82 Å². The van der Waals surface area contributed by atoms with Crippen LogP contribution < -0.4 is 14.9 Å². The van der Waals surface area contributed by atoms with Gasteiger partial charge < -0.3 is 14.0 Å². The minimum Gasteiger partial charge on any atom is -0.493 e. The summed E-state index contributed by atoms with van der Waals surface area (Å²) in [5.41, 5.74) is 4.99. The lowest BCUT2D eigenvalue weighted by Gasteiger charge is -2.09. The van der Waals surface area contributed by atoms with Crippen LogP contribution in [0.3, 0.4) is 0 Å². The van der Waals surface area contributed by atoms with Crippen LogP contribution >= 0.6 is 11.6 Å². The Kier molecular flexibility index (Phi) is 5.61. The second kappa shape index (κ2) is 8.09. The Labute approximate surface area is 161 Å². The molecule has 27 heavy (non-hydrogen) atoms. The Morgan fingerprint density at radius 3 is 2.78 bits per heavy atom. The van der Waals surface area contributed by atoms with E-state index < -0.39 is 0 Å². The molecule has 1 aromatic heterocycles. The fourth-order valence-corrected chi connectivity index (χ4v) is 3.02. The van der Waals surface area contributed by atoms with Gasteiger partial charge in [-0.2, -0.15) is 5.10 Å². The summed E-state index contributed by atoms with van der Waals surface area (Å²) in [4.78, 5) is 16.6. The van der Waals surface area contributed by atoms with Crippen LogP contribution in [0.25, 0.3) is 11.0 Å². The number of ether oxygens (including phenoxy) is 2. The molecule has 1 N–H and O–H groups in total. The van der Waals surface area contributed by atoms with Gasteiger partial charge in [0.2, 0.25) is 5.91 Å². The maximum absolute atomic E-state index is 12.2. The molecule has 0 saturated carbocycles. The van der Waals surface area contributed by atoms with E-state index in [0.717, 1.165) is 11.0 Å². The van der Waals surface area contributed by atoms with Crippen molar-refractivity contribution in [2.24, 2.45) is 12.1 Å². The van der Waals surface area contributed by atoms with Gasteiger partial charge in [-0.3, -0.25) is 4.79 Å². The number of aromatic nitrogens is 2. The molecule has 0 radical (unpaired) electrons. The second-order valence-electron chi connectivity index (χ2n) is 5.78. The minimum absolute atomic E-state index is 0.120. The quantitative estimate of drug-likeness (QED) is 0.522.